The maximum absolute atomic E-state index is 12.8. The van der Waals surface area contributed by atoms with Crippen LogP contribution in [0.3, 0.4) is 0 Å². The van der Waals surface area contributed by atoms with Gasteiger partial charge in [-0.25, -0.2) is 0 Å². The number of carbonyl (C=O) groups is 1. The second-order valence-corrected chi connectivity index (χ2v) is 10.5. The first-order valence-electron chi connectivity index (χ1n) is 14.4. The summed E-state index contributed by atoms with van der Waals surface area (Å²) in [5.74, 6) is 0.781. The second-order valence-electron chi connectivity index (χ2n) is 10.5. The molecule has 0 atom stereocenters. The second kappa shape index (κ2) is 13.9. The van der Waals surface area contributed by atoms with Crippen molar-refractivity contribution in [1.82, 2.24) is 20.2 Å². The molecule has 0 unspecified atom stereocenters. The Bertz CT molecular complexity index is 1460. The van der Waals surface area contributed by atoms with E-state index in [0.717, 1.165) is 54.6 Å². The molecule has 2 aromatic carbocycles. The zero-order chi connectivity index (χ0) is 27.6. The number of benzene rings is 2. The molecule has 1 fully saturated rings. The standard InChI is InChI=1S/C33H38N4O3/c38-32(36-28-8-2-1-3-9-28)27-11-13-30(14-12-27)40-22-6-18-34-24-25-15-19-35-29(23-25)17-21-37-20-16-26-7-4-5-10-31(26)33(37)39/h4-5,7,10-16,19-20,23,28,34H,1-3,6,8-9,17-18,21-22,24H2,(H,36,38). The molecule has 4 aromatic rings. The van der Waals surface area contributed by atoms with Crippen molar-refractivity contribution in [1.29, 1.82) is 0 Å². The number of hydrogen-bond donors (Lipinski definition) is 2. The van der Waals surface area contributed by atoms with Crippen LogP contribution in [0.15, 0.2) is 83.9 Å². The lowest BCUT2D eigenvalue weighted by Gasteiger charge is -2.22. The Morgan fingerprint density at radius 2 is 1.82 bits per heavy atom. The monoisotopic (exact) mass is 538 g/mol. The van der Waals surface area contributed by atoms with Crippen LogP contribution in [0.4, 0.5) is 0 Å². The number of aromatic nitrogens is 2. The summed E-state index contributed by atoms with van der Waals surface area (Å²) in [5.41, 5.74) is 2.85. The number of aryl methyl sites for hydroxylation is 2. The third-order valence-electron chi connectivity index (χ3n) is 7.53. The van der Waals surface area contributed by atoms with Crippen LogP contribution < -0.4 is 20.9 Å². The lowest BCUT2D eigenvalue weighted by molar-refractivity contribution is 0.0927. The first-order chi connectivity index (χ1) is 19.7. The highest BCUT2D eigenvalue weighted by Gasteiger charge is 2.16. The molecule has 0 aliphatic heterocycles. The SMILES string of the molecule is O=C(NC1CCCCC1)c1ccc(OCCCNCc2ccnc(CCn3ccc4ccccc4c3=O)c2)cc1. The number of nitrogens with one attached hydrogen (secondary N) is 2. The fourth-order valence-electron chi connectivity index (χ4n) is 5.25. The molecule has 2 heterocycles. The number of fused-ring (bicyclic) bond motifs is 1. The molecule has 5 rings (SSSR count). The highest BCUT2D eigenvalue weighted by molar-refractivity contribution is 5.94. The van der Waals surface area contributed by atoms with Crippen molar-refractivity contribution in [3.63, 3.8) is 0 Å². The maximum Gasteiger partial charge on any atom is 0.258 e. The number of amides is 1. The molecule has 1 saturated carbocycles. The van der Waals surface area contributed by atoms with Gasteiger partial charge in [0.05, 0.1) is 6.61 Å². The predicted octanol–water partition coefficient (Wildman–Crippen LogP) is 5.26. The van der Waals surface area contributed by atoms with Crippen molar-refractivity contribution in [2.45, 2.75) is 64.1 Å². The topological polar surface area (TPSA) is 85.2 Å². The van der Waals surface area contributed by atoms with Crippen molar-refractivity contribution in [2.75, 3.05) is 13.2 Å². The Morgan fingerprint density at radius 3 is 2.67 bits per heavy atom. The van der Waals surface area contributed by atoms with E-state index >= 15 is 0 Å². The number of rotatable bonds is 12. The van der Waals surface area contributed by atoms with Gasteiger partial charge in [-0.05, 0) is 85.3 Å². The molecule has 2 aromatic heterocycles. The summed E-state index contributed by atoms with van der Waals surface area (Å²) in [4.78, 5) is 29.7. The van der Waals surface area contributed by atoms with E-state index in [-0.39, 0.29) is 11.5 Å². The average Bonchev–Trinajstić information content (AvgIpc) is 3.00. The van der Waals surface area contributed by atoms with Crippen LogP contribution in [-0.4, -0.2) is 34.7 Å². The minimum Gasteiger partial charge on any atom is -0.494 e. The summed E-state index contributed by atoms with van der Waals surface area (Å²) >= 11 is 0. The van der Waals surface area contributed by atoms with Gasteiger partial charge in [0.15, 0.2) is 0 Å². The van der Waals surface area contributed by atoms with E-state index in [1.807, 2.05) is 73.1 Å². The van der Waals surface area contributed by atoms with Crippen molar-refractivity contribution in [2.24, 2.45) is 0 Å². The lowest BCUT2D eigenvalue weighted by atomic mass is 9.95. The highest BCUT2D eigenvalue weighted by atomic mass is 16.5. The first kappa shape index (κ1) is 27.6. The molecule has 1 amide bonds. The van der Waals surface area contributed by atoms with E-state index in [0.29, 0.717) is 31.2 Å². The molecular weight excluding hydrogens is 500 g/mol. The first-order valence-corrected chi connectivity index (χ1v) is 14.4. The Morgan fingerprint density at radius 1 is 1.00 bits per heavy atom. The maximum atomic E-state index is 12.8. The minimum atomic E-state index is 0.00418. The summed E-state index contributed by atoms with van der Waals surface area (Å²) < 4.78 is 7.62. The van der Waals surface area contributed by atoms with Gasteiger partial charge in [0, 0.05) is 54.6 Å². The molecule has 7 heteroatoms. The van der Waals surface area contributed by atoms with E-state index < -0.39 is 0 Å². The molecule has 2 N–H and O–H groups in total. The predicted molar refractivity (Wildman–Crippen MR) is 159 cm³/mol. The van der Waals surface area contributed by atoms with Gasteiger partial charge in [0.1, 0.15) is 5.75 Å². The largest absolute Gasteiger partial charge is 0.494 e. The molecule has 0 spiro atoms. The van der Waals surface area contributed by atoms with Crippen molar-refractivity contribution >= 4 is 16.7 Å². The molecule has 1 aliphatic carbocycles. The molecule has 0 saturated heterocycles. The quantitative estimate of drug-likeness (QED) is 0.240. The molecule has 7 nitrogen and oxygen atoms in total. The van der Waals surface area contributed by atoms with Crippen LogP contribution in [0, 0.1) is 0 Å². The molecule has 40 heavy (non-hydrogen) atoms. The van der Waals surface area contributed by atoms with Gasteiger partial charge in [0.25, 0.3) is 11.5 Å². The van der Waals surface area contributed by atoms with Crippen LogP contribution in [0.5, 0.6) is 5.75 Å². The fraction of sp³-hybridized carbons (Fsp3) is 0.364. The van der Waals surface area contributed by atoms with Gasteiger partial charge in [-0.2, -0.15) is 0 Å². The number of hydrogen-bond acceptors (Lipinski definition) is 5. The van der Waals surface area contributed by atoms with E-state index in [1.54, 1.807) is 4.57 Å². The van der Waals surface area contributed by atoms with Gasteiger partial charge in [-0.1, -0.05) is 37.5 Å². The molecule has 0 bridgehead atoms. The Kier molecular flexibility index (Phi) is 9.59. The van der Waals surface area contributed by atoms with Gasteiger partial charge in [-0.3, -0.25) is 14.6 Å². The third-order valence-corrected chi connectivity index (χ3v) is 7.53. The van der Waals surface area contributed by atoms with Crippen molar-refractivity contribution in [3.8, 4) is 5.75 Å². The average molecular weight is 539 g/mol. The third kappa shape index (κ3) is 7.57. The van der Waals surface area contributed by atoms with E-state index in [1.165, 1.54) is 24.8 Å². The van der Waals surface area contributed by atoms with Gasteiger partial charge in [-0.15, -0.1) is 0 Å². The summed E-state index contributed by atoms with van der Waals surface area (Å²) in [6, 6.07) is 21.5. The van der Waals surface area contributed by atoms with Crippen LogP contribution in [-0.2, 0) is 19.5 Å². The Balaban J connectivity index is 1.00. The van der Waals surface area contributed by atoms with E-state index in [9.17, 15) is 9.59 Å². The number of ether oxygens (including phenoxy) is 1. The van der Waals surface area contributed by atoms with Crippen LogP contribution in [0.25, 0.3) is 10.8 Å². The van der Waals surface area contributed by atoms with Crippen molar-refractivity contribution < 1.29 is 9.53 Å². The summed E-state index contributed by atoms with van der Waals surface area (Å²) in [6.07, 6.45) is 11.1. The Hall–Kier alpha value is -3.97. The van der Waals surface area contributed by atoms with Crippen LogP contribution in [0.2, 0.25) is 0 Å². The van der Waals surface area contributed by atoms with E-state index in [4.69, 9.17) is 4.74 Å². The van der Waals surface area contributed by atoms with Gasteiger partial charge >= 0.3 is 0 Å². The van der Waals surface area contributed by atoms with Crippen molar-refractivity contribution in [3.05, 3.63) is 106 Å². The highest BCUT2D eigenvalue weighted by Crippen LogP contribution is 2.19. The number of nitrogens with zero attached hydrogens (tertiary/aromatic N) is 2. The molecule has 1 aliphatic rings. The summed E-state index contributed by atoms with van der Waals surface area (Å²) in [6.45, 7) is 2.77. The number of pyridine rings is 2. The fourth-order valence-corrected chi connectivity index (χ4v) is 5.25. The number of carbonyl (C=O) groups excluding carboxylic acids is 1. The molecule has 0 radical (unpaired) electrons. The minimum absolute atomic E-state index is 0.00418. The molecule has 208 valence electrons. The Labute approximate surface area is 235 Å². The smallest absolute Gasteiger partial charge is 0.258 e. The lowest BCUT2D eigenvalue weighted by Crippen LogP contribution is -2.36. The molecular formula is C33H38N4O3. The summed E-state index contributed by atoms with van der Waals surface area (Å²) in [5, 5.41) is 8.33. The zero-order valence-electron chi connectivity index (χ0n) is 23.0. The van der Waals surface area contributed by atoms with Crippen LogP contribution >= 0.6 is 0 Å². The van der Waals surface area contributed by atoms with Gasteiger partial charge < -0.3 is 19.9 Å². The zero-order valence-corrected chi connectivity index (χ0v) is 23.0. The normalized spacial score (nSPS) is 13.8. The summed E-state index contributed by atoms with van der Waals surface area (Å²) in [7, 11) is 0. The van der Waals surface area contributed by atoms with E-state index in [2.05, 4.69) is 21.7 Å². The van der Waals surface area contributed by atoms with Gasteiger partial charge in [0.2, 0.25) is 0 Å². The van der Waals surface area contributed by atoms with Crippen LogP contribution in [0.1, 0.15) is 60.1 Å².